The normalized spacial score (nSPS) is 11.9. The van der Waals surface area contributed by atoms with Crippen LogP contribution in [0.1, 0.15) is 48.2 Å². The first-order valence-corrected chi connectivity index (χ1v) is 16.3. The zero-order valence-electron chi connectivity index (χ0n) is 28.8. The summed E-state index contributed by atoms with van der Waals surface area (Å²) in [5, 5.41) is 63.3. The van der Waals surface area contributed by atoms with E-state index in [0.717, 1.165) is 0 Å². The number of carbonyl (C=O) groups excluding carboxylic acids is 2. The summed E-state index contributed by atoms with van der Waals surface area (Å²) < 4.78 is 0. The number of carboxylic acid groups (broad SMARTS) is 2. The molecule has 25 nitrogen and oxygen atoms in total. The fourth-order valence-corrected chi connectivity index (χ4v) is 5.15. The maximum absolute atomic E-state index is 12.8. The van der Waals surface area contributed by atoms with Gasteiger partial charge >= 0.3 is 23.3 Å². The summed E-state index contributed by atoms with van der Waals surface area (Å²) in [4.78, 5) is 106. The molecule has 0 fully saturated rings. The minimum Gasteiger partial charge on any atom is -0.480 e. The number of aliphatic carboxylic acids is 2. The molecule has 25 heteroatoms. The summed E-state index contributed by atoms with van der Waals surface area (Å²) in [7, 11) is 0. The highest BCUT2D eigenvalue weighted by atomic mass is 16.6. The number of carboxylic acids is 2. The third-order valence-corrected chi connectivity index (χ3v) is 7.91. The molecule has 294 valence electrons. The topological polar surface area (TPSA) is 384 Å². The molecule has 4 rings (SSSR count). The third kappa shape index (κ3) is 10.8. The first kappa shape index (κ1) is 40.9. The van der Waals surface area contributed by atoms with Gasteiger partial charge in [0, 0.05) is 24.2 Å². The minimum atomic E-state index is -1.52. The Morgan fingerprint density at radius 3 is 2.05 bits per heavy atom. The molecule has 0 aliphatic carbocycles. The number of nitrogens with zero attached hydrogens (tertiary/aromatic N) is 6. The fourth-order valence-electron chi connectivity index (χ4n) is 5.15. The summed E-state index contributed by atoms with van der Waals surface area (Å²) in [5.41, 5.74) is 2.82. The van der Waals surface area contributed by atoms with Gasteiger partial charge in [0.1, 0.15) is 12.1 Å². The first-order valence-electron chi connectivity index (χ1n) is 16.3. The second-order valence-corrected chi connectivity index (χ2v) is 11.8. The van der Waals surface area contributed by atoms with Crippen LogP contribution in [0.5, 0.6) is 0 Å². The molecule has 0 aliphatic heterocycles. The maximum atomic E-state index is 12.8. The Labute approximate surface area is 312 Å². The molecule has 2 aromatic carbocycles. The van der Waals surface area contributed by atoms with E-state index in [1.807, 2.05) is 0 Å². The van der Waals surface area contributed by atoms with Crippen molar-refractivity contribution in [2.24, 2.45) is 0 Å². The van der Waals surface area contributed by atoms with E-state index in [-0.39, 0.29) is 55.0 Å². The predicted octanol–water partition coefficient (Wildman–Crippen LogP) is 1.45. The molecule has 0 saturated carbocycles. The van der Waals surface area contributed by atoms with Crippen LogP contribution < -0.4 is 32.6 Å². The Bertz CT molecular complexity index is 2210. The van der Waals surface area contributed by atoms with Crippen LogP contribution in [0.15, 0.2) is 47.4 Å². The van der Waals surface area contributed by atoms with Crippen molar-refractivity contribution in [2.75, 3.05) is 22.9 Å². The van der Waals surface area contributed by atoms with E-state index in [0.29, 0.717) is 23.5 Å². The lowest BCUT2D eigenvalue weighted by Crippen LogP contribution is -2.44. The van der Waals surface area contributed by atoms with E-state index < -0.39 is 91.8 Å². The molecule has 4 aromatic rings. The number of nitro benzene ring substituents is 3. The highest BCUT2D eigenvalue weighted by Crippen LogP contribution is 2.38. The highest BCUT2D eigenvalue weighted by Gasteiger charge is 2.30. The predicted molar refractivity (Wildman–Crippen MR) is 193 cm³/mol. The number of unbranched alkanes of at least 4 members (excludes halogenated alkanes) is 1. The van der Waals surface area contributed by atoms with Crippen molar-refractivity contribution >= 4 is 69.3 Å². The Balaban J connectivity index is 1.24. The number of aromatic nitrogens is 4. The number of H-pyrrole nitrogens is 1. The van der Waals surface area contributed by atoms with Gasteiger partial charge in [0.05, 0.1) is 45.3 Å². The van der Waals surface area contributed by atoms with Crippen molar-refractivity contribution in [1.82, 2.24) is 30.6 Å². The SMILES string of the molecule is Nc1nc2ncc(CNc3ccc(C(=O)N[C@@H](CCC(=O)N[C@@H](CCCCNc4c([N+](=O)[O-])cc([N+](=O)[O-])cc4[N+](=O)[O-])C(=O)O)C(=O)O)cc3)nc2c(=O)[nH]1. The largest absolute Gasteiger partial charge is 0.480 e. The zero-order chi connectivity index (χ0) is 41.1. The van der Waals surface area contributed by atoms with Gasteiger partial charge in [-0.25, -0.2) is 19.6 Å². The number of benzene rings is 2. The van der Waals surface area contributed by atoms with E-state index in [1.54, 1.807) is 0 Å². The number of nitrogens with two attached hydrogens (primary N) is 1. The molecular weight excluding hydrogens is 748 g/mol. The lowest BCUT2D eigenvalue weighted by Gasteiger charge is -2.17. The zero-order valence-corrected chi connectivity index (χ0v) is 28.8. The number of non-ortho nitro benzene ring substituents is 1. The molecule has 2 aromatic heterocycles. The van der Waals surface area contributed by atoms with Gasteiger partial charge in [0.2, 0.25) is 11.9 Å². The second-order valence-electron chi connectivity index (χ2n) is 11.8. The van der Waals surface area contributed by atoms with E-state index in [4.69, 9.17) is 5.73 Å². The summed E-state index contributed by atoms with van der Waals surface area (Å²) in [6.45, 7) is 0.00260. The Morgan fingerprint density at radius 1 is 0.839 bits per heavy atom. The number of aromatic amines is 1. The number of fused-ring (bicyclic) bond motifs is 1. The van der Waals surface area contributed by atoms with E-state index in [1.165, 1.54) is 30.5 Å². The molecule has 2 atom stereocenters. The van der Waals surface area contributed by atoms with E-state index in [2.05, 4.69) is 41.2 Å². The molecular formula is C31H32N12O13. The van der Waals surface area contributed by atoms with Gasteiger partial charge in [-0.05, 0) is 49.9 Å². The van der Waals surface area contributed by atoms with E-state index in [9.17, 15) is 64.5 Å². The van der Waals surface area contributed by atoms with Crippen LogP contribution >= 0.6 is 0 Å². The van der Waals surface area contributed by atoms with Crippen molar-refractivity contribution < 1.29 is 44.2 Å². The molecule has 0 saturated heterocycles. The molecule has 0 radical (unpaired) electrons. The smallest absolute Gasteiger partial charge is 0.326 e. The number of nitro groups is 3. The number of rotatable bonds is 20. The van der Waals surface area contributed by atoms with Crippen LogP contribution in [-0.4, -0.2) is 87.3 Å². The van der Waals surface area contributed by atoms with Crippen LogP contribution in [0.2, 0.25) is 0 Å². The van der Waals surface area contributed by atoms with Gasteiger partial charge in [0.25, 0.3) is 17.2 Å². The number of hydrogen-bond donors (Lipinski definition) is 8. The second kappa shape index (κ2) is 18.3. The van der Waals surface area contributed by atoms with Crippen molar-refractivity contribution in [1.29, 1.82) is 0 Å². The van der Waals surface area contributed by atoms with Crippen LogP contribution in [-0.2, 0) is 20.9 Å². The van der Waals surface area contributed by atoms with Crippen molar-refractivity contribution in [3.63, 3.8) is 0 Å². The molecule has 56 heavy (non-hydrogen) atoms. The minimum absolute atomic E-state index is 0.00280. The van der Waals surface area contributed by atoms with Crippen LogP contribution in [0, 0.1) is 30.3 Å². The monoisotopic (exact) mass is 780 g/mol. The van der Waals surface area contributed by atoms with Gasteiger partial charge in [-0.15, -0.1) is 0 Å². The first-order chi connectivity index (χ1) is 26.5. The lowest BCUT2D eigenvalue weighted by molar-refractivity contribution is -0.401. The standard InChI is InChI=1S/C31H32N12O13/c32-31-39-26-25(28(46)40-31)36-17(14-35-26)13-34-16-6-4-15(5-7-16)27(45)38-20(30(49)50)8-9-23(44)37-19(29(47)48)3-1-2-10-33-24-21(42(53)54)11-18(41(51)52)12-22(24)43(55)56/h4-7,11-12,14,19-20,33-34H,1-3,8-10,13H2,(H,37,44)(H,38,45)(H,47,48)(H,49,50)(H3,32,35,39,40,46)/t19-,20-/m0/s1. The summed E-state index contributed by atoms with van der Waals surface area (Å²) >= 11 is 0. The number of nitrogen functional groups attached to an aromatic ring is 1. The molecule has 0 spiro atoms. The highest BCUT2D eigenvalue weighted by molar-refractivity contribution is 5.97. The Hall–Kier alpha value is -7.86. The summed E-state index contributed by atoms with van der Waals surface area (Å²) in [6.07, 6.45) is 0.567. The van der Waals surface area contributed by atoms with Gasteiger partial charge in [-0.3, -0.25) is 49.7 Å². The molecule has 0 unspecified atom stereocenters. The quantitative estimate of drug-likeness (QED) is 0.0357. The van der Waals surface area contributed by atoms with E-state index >= 15 is 0 Å². The summed E-state index contributed by atoms with van der Waals surface area (Å²) in [6, 6.07) is 4.07. The maximum Gasteiger partial charge on any atom is 0.326 e. The number of carbonyl (C=O) groups is 4. The molecule has 2 heterocycles. The van der Waals surface area contributed by atoms with Gasteiger partial charge in [0.15, 0.2) is 16.9 Å². The number of hydrogen-bond acceptors (Lipinski definition) is 17. The average Bonchev–Trinajstić information content (AvgIpc) is 3.14. The lowest BCUT2D eigenvalue weighted by atomic mass is 10.1. The Kier molecular flexibility index (Phi) is 13.3. The average molecular weight is 781 g/mol. The van der Waals surface area contributed by atoms with Crippen molar-refractivity contribution in [3.05, 3.63) is 94.5 Å². The van der Waals surface area contributed by atoms with Gasteiger partial charge < -0.3 is 37.2 Å². The van der Waals surface area contributed by atoms with Crippen molar-refractivity contribution in [3.8, 4) is 0 Å². The van der Waals surface area contributed by atoms with Crippen LogP contribution in [0.25, 0.3) is 11.2 Å². The molecule has 0 bridgehead atoms. The van der Waals surface area contributed by atoms with Gasteiger partial charge in [-0.1, -0.05) is 0 Å². The van der Waals surface area contributed by atoms with Crippen LogP contribution in [0.3, 0.4) is 0 Å². The molecule has 9 N–H and O–H groups in total. The number of nitrogens with one attached hydrogen (secondary N) is 5. The molecule has 2 amide bonds. The summed E-state index contributed by atoms with van der Waals surface area (Å²) in [5.74, 6) is -4.57. The molecule has 0 aliphatic rings. The number of amides is 2. The fraction of sp³-hybridized carbons (Fsp3) is 0.290. The Morgan fingerprint density at radius 2 is 1.46 bits per heavy atom. The van der Waals surface area contributed by atoms with Gasteiger partial charge in [-0.2, -0.15) is 4.98 Å². The third-order valence-electron chi connectivity index (χ3n) is 7.91. The van der Waals surface area contributed by atoms with Crippen molar-refractivity contribution in [2.45, 2.75) is 50.7 Å². The van der Waals surface area contributed by atoms with Crippen LogP contribution in [0.4, 0.5) is 34.4 Å². The number of anilines is 3.